The van der Waals surface area contributed by atoms with Gasteiger partial charge in [-0.3, -0.25) is 0 Å². The molecule has 4 nitrogen and oxygen atoms in total. The second-order valence-electron chi connectivity index (χ2n) is 3.71. The maximum absolute atomic E-state index is 9.67. The zero-order valence-electron chi connectivity index (χ0n) is 11.9. The lowest BCUT2D eigenvalue weighted by Gasteiger charge is -2.05. The average molecular weight is 461 g/mol. The van der Waals surface area contributed by atoms with Crippen molar-refractivity contribution in [3.63, 3.8) is 0 Å². The molecule has 23 heavy (non-hydrogen) atoms. The van der Waals surface area contributed by atoms with Crippen LogP contribution in [-0.2, 0) is 4.57 Å². The smallest absolute Gasteiger partial charge is 0.497 e. The van der Waals surface area contributed by atoms with E-state index in [2.05, 4.69) is 59.0 Å². The summed E-state index contributed by atoms with van der Waals surface area (Å²) in [6, 6.07) is 16.5. The van der Waals surface area contributed by atoms with Crippen LogP contribution in [0.1, 0.15) is 0 Å². The maximum atomic E-state index is 9.67. The number of alkyl halides is 3. The van der Waals surface area contributed by atoms with E-state index in [-0.39, 0.29) is 0 Å². The van der Waals surface area contributed by atoms with Gasteiger partial charge >= 0.3 is 14.9 Å². The van der Waals surface area contributed by atoms with Crippen molar-refractivity contribution in [1.82, 2.24) is 0 Å². The topological polar surface area (TPSA) is 66.8 Å². The van der Waals surface area contributed by atoms with Gasteiger partial charge in [-0.1, -0.05) is 30.3 Å². The Morgan fingerprint density at radius 2 is 1.48 bits per heavy atom. The van der Waals surface area contributed by atoms with Gasteiger partial charge in [0.25, 0.3) is 0 Å². The highest BCUT2D eigenvalue weighted by Crippen LogP contribution is 2.26. The summed E-state index contributed by atoms with van der Waals surface area (Å²) in [5.74, 6) is 0.893. The maximum Gasteiger partial charge on any atom is 0.692 e. The fourth-order valence-corrected chi connectivity index (χ4v) is 2.16. The fourth-order valence-electron chi connectivity index (χ4n) is 1.47. The molecule has 0 unspecified atom stereocenters. The minimum Gasteiger partial charge on any atom is -0.497 e. The van der Waals surface area contributed by atoms with E-state index in [1.54, 1.807) is 7.11 Å². The minimum absolute atomic E-state index is 0.893. The predicted octanol–water partition coefficient (Wildman–Crippen LogP) is 4.77. The third-order valence-electron chi connectivity index (χ3n) is 2.27. The van der Waals surface area contributed by atoms with Gasteiger partial charge in [-0.15, -0.1) is 9.79 Å². The molecule has 9 heteroatoms. The van der Waals surface area contributed by atoms with Gasteiger partial charge in [0.1, 0.15) is 5.75 Å². The molecule has 2 aromatic rings. The standard InChI is InChI=1S/C13H11IO.CHF3.HO3P/c1-15-11-8-6-10(7-9-11)12-4-2-3-5-13(12)14;2-1(3)4;1-4(2)3/h2-9H,1H3;1H;(H-,1,2,3)/p+1. The minimum atomic E-state index is -3.67. The van der Waals surface area contributed by atoms with Crippen LogP contribution < -0.4 is 4.74 Å². The van der Waals surface area contributed by atoms with Crippen molar-refractivity contribution in [3.05, 3.63) is 52.1 Å². The first-order chi connectivity index (χ1) is 10.8. The van der Waals surface area contributed by atoms with Crippen LogP contribution in [0.4, 0.5) is 13.2 Å². The number of methoxy groups -OCH3 is 1. The summed E-state index contributed by atoms with van der Waals surface area (Å²) in [5.41, 5.74) is 2.49. The Morgan fingerprint density at radius 1 is 1.04 bits per heavy atom. The average Bonchev–Trinajstić information content (AvgIpc) is 2.47. The first kappa shape index (κ1) is 21.8. The van der Waals surface area contributed by atoms with Crippen LogP contribution in [0.2, 0.25) is 0 Å². The van der Waals surface area contributed by atoms with Crippen molar-refractivity contribution in [3.8, 4) is 16.9 Å². The molecular weight excluding hydrogens is 447 g/mol. The molecule has 0 heterocycles. The molecule has 0 saturated carbocycles. The lowest BCUT2D eigenvalue weighted by molar-refractivity contribution is 0.00819. The second-order valence-corrected chi connectivity index (χ2v) is 5.38. The van der Waals surface area contributed by atoms with Crippen molar-refractivity contribution in [2.45, 2.75) is 6.68 Å². The Hall–Kier alpha value is -1.22. The van der Waals surface area contributed by atoms with Crippen molar-refractivity contribution in [1.29, 1.82) is 0 Å². The zero-order valence-corrected chi connectivity index (χ0v) is 14.9. The van der Waals surface area contributed by atoms with Crippen LogP contribution >= 0.6 is 30.8 Å². The molecule has 0 radical (unpaired) electrons. The lowest BCUT2D eigenvalue weighted by atomic mass is 10.1. The van der Waals surface area contributed by atoms with Crippen molar-refractivity contribution >= 4 is 30.8 Å². The Kier molecular flexibility index (Phi) is 11.6. The first-order valence-corrected chi connectivity index (χ1v) is 8.18. The van der Waals surface area contributed by atoms with E-state index in [1.165, 1.54) is 14.7 Å². The lowest BCUT2D eigenvalue weighted by Crippen LogP contribution is -1.84. The van der Waals surface area contributed by atoms with Crippen LogP contribution in [0.15, 0.2) is 48.5 Å². The Labute approximate surface area is 146 Å². The van der Waals surface area contributed by atoms with Crippen LogP contribution in [0.25, 0.3) is 11.1 Å². The van der Waals surface area contributed by atoms with Gasteiger partial charge in [0.2, 0.25) is 0 Å². The van der Waals surface area contributed by atoms with E-state index in [4.69, 9.17) is 19.1 Å². The zero-order chi connectivity index (χ0) is 17.8. The normalized spacial score (nSPS) is 9.22. The number of hydrogen-bond donors (Lipinski definition) is 2. The van der Waals surface area contributed by atoms with Gasteiger partial charge < -0.3 is 4.74 Å². The summed E-state index contributed by atoms with van der Waals surface area (Å²) in [6.45, 7) is -3.67. The largest absolute Gasteiger partial charge is 0.692 e. The molecule has 0 amide bonds. The molecule has 2 rings (SSSR count). The van der Waals surface area contributed by atoms with E-state index in [0.717, 1.165) is 5.75 Å². The van der Waals surface area contributed by atoms with Crippen LogP contribution in [-0.4, -0.2) is 23.6 Å². The van der Waals surface area contributed by atoms with Gasteiger partial charge in [0, 0.05) is 8.14 Å². The van der Waals surface area contributed by atoms with Crippen LogP contribution in [0.5, 0.6) is 5.75 Å². The number of rotatable bonds is 2. The van der Waals surface area contributed by atoms with Gasteiger partial charge in [0.15, 0.2) is 0 Å². The summed E-state index contributed by atoms with van der Waals surface area (Å²) < 4.78 is 44.1. The van der Waals surface area contributed by atoms with Gasteiger partial charge in [-0.2, -0.15) is 13.2 Å². The highest BCUT2D eigenvalue weighted by molar-refractivity contribution is 14.1. The van der Waals surface area contributed by atoms with Crippen LogP contribution in [0, 0.1) is 3.57 Å². The fraction of sp³-hybridized carbons (Fsp3) is 0.143. The Morgan fingerprint density at radius 3 is 1.87 bits per heavy atom. The molecule has 0 aliphatic rings. The summed E-state index contributed by atoms with van der Waals surface area (Å²) in [5, 5.41) is 0. The molecule has 0 fully saturated rings. The van der Waals surface area contributed by atoms with E-state index in [0.29, 0.717) is 0 Å². The first-order valence-electron chi connectivity index (χ1n) is 5.94. The van der Waals surface area contributed by atoms with Gasteiger partial charge in [0.05, 0.1) is 7.11 Å². The molecule has 0 atom stereocenters. The molecule has 0 aromatic heterocycles. The summed E-state index contributed by atoms with van der Waals surface area (Å²) in [7, 11) is -1.19. The summed E-state index contributed by atoms with van der Waals surface area (Å²) in [6.07, 6.45) is 0. The molecule has 2 N–H and O–H groups in total. The molecule has 0 bridgehead atoms. The third kappa shape index (κ3) is 11.0. The van der Waals surface area contributed by atoms with Crippen molar-refractivity contribution in [2.75, 3.05) is 7.11 Å². The van der Waals surface area contributed by atoms with Crippen molar-refractivity contribution in [2.24, 2.45) is 0 Å². The van der Waals surface area contributed by atoms with E-state index >= 15 is 0 Å². The number of hydrogen-bond acceptors (Lipinski definition) is 2. The molecule has 0 aliphatic carbocycles. The molecule has 0 spiro atoms. The Balaban J connectivity index is 0.000000509. The monoisotopic (exact) mass is 461 g/mol. The third-order valence-corrected chi connectivity index (χ3v) is 3.22. The van der Waals surface area contributed by atoms with E-state index < -0.39 is 14.9 Å². The van der Waals surface area contributed by atoms with Gasteiger partial charge in [-0.25, -0.2) is 0 Å². The second kappa shape index (κ2) is 12.2. The quantitative estimate of drug-likeness (QED) is 0.500. The highest BCUT2D eigenvalue weighted by Gasteiger charge is 2.01. The van der Waals surface area contributed by atoms with Gasteiger partial charge in [-0.05, 0) is 51.9 Å². The van der Waals surface area contributed by atoms with E-state index in [1.807, 2.05) is 12.1 Å². The van der Waals surface area contributed by atoms with E-state index in [9.17, 15) is 13.2 Å². The predicted molar refractivity (Wildman–Crippen MR) is 90.3 cm³/mol. The highest BCUT2D eigenvalue weighted by atomic mass is 127. The van der Waals surface area contributed by atoms with Crippen LogP contribution in [0.3, 0.4) is 0 Å². The molecule has 2 aromatic carbocycles. The molecular formula is C14H14F3IO4P+. The number of benzene rings is 2. The number of halogens is 4. The molecule has 0 saturated heterocycles. The SMILES string of the molecule is COc1ccc(-c2ccccc2I)cc1.FC(F)F.O=[P+](O)O. The summed E-state index contributed by atoms with van der Waals surface area (Å²) in [4.78, 5) is 14.2. The van der Waals surface area contributed by atoms with Crippen molar-refractivity contribution < 1.29 is 32.3 Å². The summed E-state index contributed by atoms with van der Waals surface area (Å²) >= 11 is 2.35. The molecule has 0 aliphatic heterocycles. The number of ether oxygens (including phenoxy) is 1. The Bertz CT molecular complexity index is 590. The molecule has 126 valence electrons.